The molecule has 4 rings (SSSR count). The molecule has 1 aromatic carbocycles. The Kier molecular flexibility index (Phi) is 6.56. The summed E-state index contributed by atoms with van der Waals surface area (Å²) in [6.07, 6.45) is 5.40. The highest BCUT2D eigenvalue weighted by molar-refractivity contribution is 7.99. The average Bonchev–Trinajstić information content (AvgIpc) is 3.42. The van der Waals surface area contributed by atoms with E-state index in [1.807, 2.05) is 24.3 Å². The predicted molar refractivity (Wildman–Crippen MR) is 117 cm³/mol. The molecule has 2 aromatic heterocycles. The maximum atomic E-state index is 5.64. The Balaban J connectivity index is 1.69. The van der Waals surface area contributed by atoms with E-state index >= 15 is 0 Å². The van der Waals surface area contributed by atoms with Crippen molar-refractivity contribution in [3.8, 4) is 11.4 Å². The Bertz CT molecular complexity index is 966. The van der Waals surface area contributed by atoms with Crippen LogP contribution in [0.1, 0.15) is 56.5 Å². The van der Waals surface area contributed by atoms with Crippen LogP contribution < -0.4 is 9.64 Å². The summed E-state index contributed by atoms with van der Waals surface area (Å²) in [7, 11) is 1.69. The minimum atomic E-state index is -0.0463. The molecule has 0 radical (unpaired) electrons. The lowest BCUT2D eigenvalue weighted by Gasteiger charge is -2.28. The third-order valence-corrected chi connectivity index (χ3v) is 6.20. The first-order chi connectivity index (χ1) is 14.7. The van der Waals surface area contributed by atoms with Crippen LogP contribution in [0.5, 0.6) is 5.75 Å². The highest BCUT2D eigenvalue weighted by Gasteiger charge is 2.26. The molecule has 3 heterocycles. The van der Waals surface area contributed by atoms with Gasteiger partial charge in [-0.2, -0.15) is 4.98 Å². The predicted octanol–water partition coefficient (Wildman–Crippen LogP) is 4.46. The second kappa shape index (κ2) is 9.51. The van der Waals surface area contributed by atoms with Gasteiger partial charge >= 0.3 is 0 Å². The molecule has 3 aromatic rings. The number of rotatable bonds is 8. The molecule has 8 nitrogen and oxygen atoms in total. The Morgan fingerprint density at radius 3 is 2.73 bits per heavy atom. The molecule has 1 aliphatic heterocycles. The topological polar surface area (TPSA) is 82.1 Å². The van der Waals surface area contributed by atoms with Gasteiger partial charge in [-0.1, -0.05) is 36.0 Å². The quantitative estimate of drug-likeness (QED) is 0.487. The summed E-state index contributed by atoms with van der Waals surface area (Å²) in [5.74, 6) is 3.00. The van der Waals surface area contributed by atoms with E-state index in [0.29, 0.717) is 5.89 Å². The van der Waals surface area contributed by atoms with Crippen LogP contribution in [0, 0.1) is 0 Å². The van der Waals surface area contributed by atoms with Gasteiger partial charge in [0.2, 0.25) is 11.8 Å². The van der Waals surface area contributed by atoms with E-state index < -0.39 is 0 Å². The van der Waals surface area contributed by atoms with Gasteiger partial charge in [-0.3, -0.25) is 4.57 Å². The van der Waals surface area contributed by atoms with Gasteiger partial charge in [0.1, 0.15) is 5.75 Å². The molecular weight excluding hydrogens is 400 g/mol. The number of benzene rings is 1. The minimum Gasteiger partial charge on any atom is -0.495 e. The van der Waals surface area contributed by atoms with Crippen LogP contribution in [0.2, 0.25) is 0 Å². The summed E-state index contributed by atoms with van der Waals surface area (Å²) >= 11 is 1.56. The van der Waals surface area contributed by atoms with Crippen molar-refractivity contribution in [2.75, 3.05) is 25.1 Å². The minimum absolute atomic E-state index is 0.0463. The molecule has 0 amide bonds. The SMILES string of the molecule is CCCc1noc([C@@H](C)Sc2nnc(N3CCCCC3)n2-c2ccccc2OC)n1. The van der Waals surface area contributed by atoms with Crippen molar-refractivity contribution in [1.82, 2.24) is 24.9 Å². The molecule has 1 aliphatic rings. The fraction of sp³-hybridized carbons (Fsp3) is 0.524. The van der Waals surface area contributed by atoms with Crippen molar-refractivity contribution in [3.63, 3.8) is 0 Å². The summed E-state index contributed by atoms with van der Waals surface area (Å²) in [4.78, 5) is 6.85. The number of methoxy groups -OCH3 is 1. The smallest absolute Gasteiger partial charge is 0.239 e. The number of aromatic nitrogens is 5. The number of anilines is 1. The summed E-state index contributed by atoms with van der Waals surface area (Å²) in [5, 5.41) is 13.9. The van der Waals surface area contributed by atoms with Crippen LogP contribution in [0.15, 0.2) is 33.9 Å². The molecule has 0 aliphatic carbocycles. The largest absolute Gasteiger partial charge is 0.495 e. The molecule has 9 heteroatoms. The Morgan fingerprint density at radius 1 is 1.17 bits per heavy atom. The number of nitrogens with zero attached hydrogens (tertiary/aromatic N) is 6. The van der Waals surface area contributed by atoms with Gasteiger partial charge in [0.15, 0.2) is 11.0 Å². The fourth-order valence-electron chi connectivity index (χ4n) is 3.63. The number of ether oxygens (including phenoxy) is 1. The number of para-hydroxylation sites is 2. The lowest BCUT2D eigenvalue weighted by Crippen LogP contribution is -2.31. The lowest BCUT2D eigenvalue weighted by atomic mass is 10.1. The van der Waals surface area contributed by atoms with Crippen molar-refractivity contribution >= 4 is 17.7 Å². The third-order valence-electron chi connectivity index (χ3n) is 5.17. The van der Waals surface area contributed by atoms with E-state index in [1.165, 1.54) is 19.3 Å². The summed E-state index contributed by atoms with van der Waals surface area (Å²) in [6.45, 7) is 6.12. The first kappa shape index (κ1) is 20.7. The number of thioether (sulfide) groups is 1. The highest BCUT2D eigenvalue weighted by atomic mass is 32.2. The first-order valence-corrected chi connectivity index (χ1v) is 11.4. The molecule has 1 fully saturated rings. The zero-order valence-electron chi connectivity index (χ0n) is 17.7. The second-order valence-electron chi connectivity index (χ2n) is 7.40. The highest BCUT2D eigenvalue weighted by Crippen LogP contribution is 2.38. The van der Waals surface area contributed by atoms with Gasteiger partial charge in [-0.15, -0.1) is 10.2 Å². The van der Waals surface area contributed by atoms with Crippen LogP contribution in [0.4, 0.5) is 5.95 Å². The lowest BCUT2D eigenvalue weighted by molar-refractivity contribution is 0.374. The van der Waals surface area contributed by atoms with Crippen molar-refractivity contribution in [1.29, 1.82) is 0 Å². The Morgan fingerprint density at radius 2 is 1.97 bits per heavy atom. The van der Waals surface area contributed by atoms with Crippen LogP contribution >= 0.6 is 11.8 Å². The maximum absolute atomic E-state index is 5.64. The van der Waals surface area contributed by atoms with Crippen LogP contribution in [0.3, 0.4) is 0 Å². The molecule has 160 valence electrons. The molecule has 0 unspecified atom stereocenters. The average molecular weight is 429 g/mol. The van der Waals surface area contributed by atoms with Crippen molar-refractivity contribution in [3.05, 3.63) is 36.0 Å². The summed E-state index contributed by atoms with van der Waals surface area (Å²) in [6, 6.07) is 7.97. The molecule has 0 saturated carbocycles. The number of piperidine rings is 1. The maximum Gasteiger partial charge on any atom is 0.239 e. The standard InChI is InChI=1S/C21H28N6O2S/c1-4-10-18-22-19(29-25-18)15(2)30-21-24-23-20(26-13-8-5-9-14-26)27(21)16-11-6-7-12-17(16)28-3/h6-7,11-12,15H,4-5,8-10,13-14H2,1-3H3/t15-/m1/s1. The van der Waals surface area contributed by atoms with Crippen LogP contribution in [0.25, 0.3) is 5.69 Å². The first-order valence-electron chi connectivity index (χ1n) is 10.5. The van der Waals surface area contributed by atoms with Gasteiger partial charge in [0.05, 0.1) is 18.0 Å². The molecule has 0 spiro atoms. The monoisotopic (exact) mass is 428 g/mol. The number of hydrogen-bond acceptors (Lipinski definition) is 8. The molecule has 30 heavy (non-hydrogen) atoms. The molecular formula is C21H28N6O2S. The Labute approximate surface area is 181 Å². The second-order valence-corrected chi connectivity index (χ2v) is 8.70. The van der Waals surface area contributed by atoms with Crippen molar-refractivity contribution in [2.24, 2.45) is 0 Å². The Hall–Kier alpha value is -2.55. The van der Waals surface area contributed by atoms with E-state index in [9.17, 15) is 0 Å². The normalized spacial score (nSPS) is 15.4. The van der Waals surface area contributed by atoms with Crippen LogP contribution in [-0.2, 0) is 6.42 Å². The number of aryl methyl sites for hydroxylation is 1. The van der Waals surface area contributed by atoms with Crippen molar-refractivity contribution < 1.29 is 9.26 Å². The van der Waals surface area contributed by atoms with E-state index in [-0.39, 0.29) is 5.25 Å². The van der Waals surface area contributed by atoms with Gasteiger partial charge < -0.3 is 14.2 Å². The number of hydrogen-bond donors (Lipinski definition) is 0. The van der Waals surface area contributed by atoms with E-state index in [1.54, 1.807) is 18.9 Å². The fourth-order valence-corrected chi connectivity index (χ4v) is 4.52. The van der Waals surface area contributed by atoms with Gasteiger partial charge in [0.25, 0.3) is 0 Å². The zero-order valence-corrected chi connectivity index (χ0v) is 18.6. The third kappa shape index (κ3) is 4.30. The van der Waals surface area contributed by atoms with Crippen LogP contribution in [-0.4, -0.2) is 45.1 Å². The molecule has 1 atom stereocenters. The summed E-state index contributed by atoms with van der Waals surface area (Å²) < 4.78 is 13.2. The van der Waals surface area contributed by atoms with Gasteiger partial charge in [-0.05, 0) is 44.7 Å². The molecule has 0 N–H and O–H groups in total. The molecule has 0 bridgehead atoms. The van der Waals surface area contributed by atoms with E-state index in [4.69, 9.17) is 9.26 Å². The van der Waals surface area contributed by atoms with E-state index in [2.05, 4.69) is 43.7 Å². The summed E-state index contributed by atoms with van der Waals surface area (Å²) in [5.41, 5.74) is 0.928. The van der Waals surface area contributed by atoms with Crippen molar-refractivity contribution in [2.45, 2.75) is 56.4 Å². The van der Waals surface area contributed by atoms with Gasteiger partial charge in [-0.25, -0.2) is 0 Å². The molecule has 1 saturated heterocycles. The van der Waals surface area contributed by atoms with E-state index in [0.717, 1.165) is 54.3 Å². The van der Waals surface area contributed by atoms with Gasteiger partial charge in [0, 0.05) is 19.5 Å². The zero-order chi connectivity index (χ0) is 20.9.